The normalized spacial score (nSPS) is 22.2. The number of aromatic hydroxyl groups is 1. The lowest BCUT2D eigenvalue weighted by molar-refractivity contribution is 0.0436. The molecular formula is C23H20N4O4. The Bertz CT molecular complexity index is 1170. The van der Waals surface area contributed by atoms with Crippen molar-refractivity contribution >= 4 is 11.9 Å². The van der Waals surface area contributed by atoms with Crippen molar-refractivity contribution in [3.63, 3.8) is 0 Å². The number of nitrogens with one attached hydrogen (secondary N) is 2. The topological polar surface area (TPSA) is 115 Å². The van der Waals surface area contributed by atoms with Crippen molar-refractivity contribution in [2.24, 2.45) is 0 Å². The van der Waals surface area contributed by atoms with Gasteiger partial charge in [-0.25, -0.2) is 4.79 Å². The molecule has 1 fully saturated rings. The van der Waals surface area contributed by atoms with Crippen molar-refractivity contribution in [1.29, 1.82) is 0 Å². The van der Waals surface area contributed by atoms with Crippen LogP contribution in [0.4, 0.5) is 4.79 Å². The van der Waals surface area contributed by atoms with Gasteiger partial charge < -0.3 is 25.7 Å². The summed E-state index contributed by atoms with van der Waals surface area (Å²) in [6, 6.07) is 15.4. The largest absolute Gasteiger partial charge is 0.508 e. The Morgan fingerprint density at radius 1 is 1.03 bits per heavy atom. The number of hydrogen-bond acceptors (Lipinski definition) is 5. The number of urea groups is 1. The van der Waals surface area contributed by atoms with E-state index in [1.807, 2.05) is 36.4 Å². The Morgan fingerprint density at radius 2 is 1.74 bits per heavy atom. The summed E-state index contributed by atoms with van der Waals surface area (Å²) in [4.78, 5) is 30.6. The minimum absolute atomic E-state index is 0.0653. The zero-order valence-corrected chi connectivity index (χ0v) is 16.4. The first-order chi connectivity index (χ1) is 15.0. The highest BCUT2D eigenvalue weighted by molar-refractivity contribution is 5.98. The van der Waals surface area contributed by atoms with E-state index in [4.69, 9.17) is 0 Å². The molecule has 2 aliphatic rings. The van der Waals surface area contributed by atoms with Crippen LogP contribution in [0.3, 0.4) is 0 Å². The van der Waals surface area contributed by atoms with Gasteiger partial charge in [-0.1, -0.05) is 24.3 Å². The summed E-state index contributed by atoms with van der Waals surface area (Å²) >= 11 is 0. The highest BCUT2D eigenvalue weighted by Gasteiger charge is 2.50. The molecule has 0 saturated carbocycles. The predicted octanol–water partition coefficient (Wildman–Crippen LogP) is 1.94. The molecule has 3 aromatic rings. The third kappa shape index (κ3) is 3.17. The molecule has 0 aliphatic carbocycles. The average Bonchev–Trinajstić information content (AvgIpc) is 3.24. The number of amides is 3. The summed E-state index contributed by atoms with van der Waals surface area (Å²) in [5.41, 5.74) is 2.63. The van der Waals surface area contributed by atoms with Gasteiger partial charge in [0.25, 0.3) is 5.91 Å². The zero-order chi connectivity index (χ0) is 21.6. The standard InChI is InChI=1S/C23H20N4O4/c28-18-5-6-19-16(11-18)12-27(20(19)29)13-23(21(30)25-22(31)26-23)17-3-1-14(2-4-17)15-7-9-24-10-8-15/h1-11,21,28,30H,12-13H2,(H2,25,26,31). The van der Waals surface area contributed by atoms with Crippen molar-refractivity contribution < 1.29 is 19.8 Å². The van der Waals surface area contributed by atoms with E-state index < -0.39 is 17.8 Å². The molecular weight excluding hydrogens is 396 g/mol. The lowest BCUT2D eigenvalue weighted by Crippen LogP contribution is -2.54. The number of pyridine rings is 1. The maximum absolute atomic E-state index is 12.9. The van der Waals surface area contributed by atoms with E-state index in [9.17, 15) is 19.8 Å². The van der Waals surface area contributed by atoms with Gasteiger partial charge in [-0.05, 0) is 52.6 Å². The predicted molar refractivity (Wildman–Crippen MR) is 112 cm³/mol. The monoisotopic (exact) mass is 416 g/mol. The number of fused-ring (bicyclic) bond motifs is 1. The van der Waals surface area contributed by atoms with Gasteiger partial charge in [-0.15, -0.1) is 0 Å². The fourth-order valence-corrected chi connectivity index (χ4v) is 4.30. The second-order valence-corrected chi connectivity index (χ2v) is 7.79. The highest BCUT2D eigenvalue weighted by atomic mass is 16.3. The van der Waals surface area contributed by atoms with Crippen molar-refractivity contribution in [3.8, 4) is 16.9 Å². The van der Waals surface area contributed by atoms with Gasteiger partial charge in [0.2, 0.25) is 0 Å². The molecule has 1 aromatic heterocycles. The fourth-order valence-electron chi connectivity index (χ4n) is 4.30. The van der Waals surface area contributed by atoms with Crippen molar-refractivity contribution in [2.45, 2.75) is 18.3 Å². The van der Waals surface area contributed by atoms with Crippen LogP contribution >= 0.6 is 0 Å². The summed E-state index contributed by atoms with van der Waals surface area (Å²) in [5, 5.41) is 25.8. The van der Waals surface area contributed by atoms with Crippen LogP contribution in [-0.4, -0.2) is 44.8 Å². The van der Waals surface area contributed by atoms with Gasteiger partial charge in [0.15, 0.2) is 6.23 Å². The molecule has 31 heavy (non-hydrogen) atoms. The molecule has 4 N–H and O–H groups in total. The van der Waals surface area contributed by atoms with E-state index in [2.05, 4.69) is 15.6 Å². The van der Waals surface area contributed by atoms with Gasteiger partial charge in [0.05, 0.1) is 6.54 Å². The SMILES string of the molecule is O=C1NC(O)C(CN2Cc3cc(O)ccc3C2=O)(c2ccc(-c3ccncc3)cc2)N1. The molecule has 3 heterocycles. The van der Waals surface area contributed by atoms with Gasteiger partial charge in [-0.3, -0.25) is 9.78 Å². The number of rotatable bonds is 4. The quantitative estimate of drug-likeness (QED) is 0.519. The second kappa shape index (κ2) is 7.10. The summed E-state index contributed by atoms with van der Waals surface area (Å²) in [5.74, 6) is -0.123. The van der Waals surface area contributed by atoms with E-state index in [0.717, 1.165) is 11.1 Å². The molecule has 2 aliphatic heterocycles. The van der Waals surface area contributed by atoms with Crippen LogP contribution in [0.5, 0.6) is 5.75 Å². The molecule has 2 aromatic carbocycles. The zero-order valence-electron chi connectivity index (χ0n) is 16.4. The number of nitrogens with zero attached hydrogens (tertiary/aromatic N) is 2. The molecule has 8 nitrogen and oxygen atoms in total. The molecule has 2 atom stereocenters. The van der Waals surface area contributed by atoms with Crippen LogP contribution in [0.15, 0.2) is 67.0 Å². The summed E-state index contributed by atoms with van der Waals surface area (Å²) in [7, 11) is 0. The number of benzene rings is 2. The number of aliphatic hydroxyl groups is 1. The number of phenolic OH excluding ortho intramolecular Hbond substituents is 1. The molecule has 2 unspecified atom stereocenters. The van der Waals surface area contributed by atoms with Gasteiger partial charge in [0, 0.05) is 24.5 Å². The maximum Gasteiger partial charge on any atom is 0.317 e. The lowest BCUT2D eigenvalue weighted by atomic mass is 9.87. The lowest BCUT2D eigenvalue weighted by Gasteiger charge is -2.35. The van der Waals surface area contributed by atoms with Gasteiger partial charge in [0.1, 0.15) is 11.3 Å². The van der Waals surface area contributed by atoms with Gasteiger partial charge >= 0.3 is 6.03 Å². The molecule has 1 saturated heterocycles. The molecule has 0 radical (unpaired) electrons. The van der Waals surface area contributed by atoms with Crippen molar-refractivity contribution in [1.82, 2.24) is 20.5 Å². The number of carbonyl (C=O) groups is 2. The summed E-state index contributed by atoms with van der Waals surface area (Å²) < 4.78 is 0. The number of hydrogen-bond donors (Lipinski definition) is 4. The van der Waals surface area contributed by atoms with Crippen LogP contribution in [0.2, 0.25) is 0 Å². The van der Waals surface area contributed by atoms with Crippen LogP contribution in [-0.2, 0) is 12.1 Å². The minimum Gasteiger partial charge on any atom is -0.508 e. The van der Waals surface area contributed by atoms with Crippen molar-refractivity contribution in [2.75, 3.05) is 6.54 Å². The maximum atomic E-state index is 12.9. The van der Waals surface area contributed by atoms with E-state index in [0.29, 0.717) is 16.7 Å². The van der Waals surface area contributed by atoms with Crippen molar-refractivity contribution in [3.05, 3.63) is 83.7 Å². The Kier molecular flexibility index (Phi) is 4.37. The first kappa shape index (κ1) is 19.1. The smallest absolute Gasteiger partial charge is 0.317 e. The van der Waals surface area contributed by atoms with E-state index in [1.54, 1.807) is 29.4 Å². The van der Waals surface area contributed by atoms with E-state index in [-0.39, 0.29) is 24.7 Å². The first-order valence-corrected chi connectivity index (χ1v) is 9.85. The Hall–Kier alpha value is -3.91. The number of aromatic nitrogens is 1. The Balaban J connectivity index is 1.48. The first-order valence-electron chi connectivity index (χ1n) is 9.85. The second-order valence-electron chi connectivity index (χ2n) is 7.79. The summed E-state index contributed by atoms with van der Waals surface area (Å²) in [6.45, 7) is 0.345. The average molecular weight is 416 g/mol. The number of phenols is 1. The molecule has 0 spiro atoms. The Labute approximate surface area is 178 Å². The molecule has 156 valence electrons. The van der Waals surface area contributed by atoms with E-state index >= 15 is 0 Å². The third-order valence-corrected chi connectivity index (χ3v) is 5.89. The van der Waals surface area contributed by atoms with Gasteiger partial charge in [-0.2, -0.15) is 0 Å². The molecule has 0 bridgehead atoms. The van der Waals surface area contributed by atoms with Crippen LogP contribution in [0, 0.1) is 0 Å². The third-order valence-electron chi connectivity index (χ3n) is 5.89. The van der Waals surface area contributed by atoms with Crippen LogP contribution < -0.4 is 10.6 Å². The van der Waals surface area contributed by atoms with Crippen LogP contribution in [0.1, 0.15) is 21.5 Å². The molecule has 8 heteroatoms. The molecule has 3 amide bonds. The molecule has 5 rings (SSSR count). The van der Waals surface area contributed by atoms with Crippen LogP contribution in [0.25, 0.3) is 11.1 Å². The fraction of sp³-hybridized carbons (Fsp3) is 0.174. The Morgan fingerprint density at radius 3 is 2.42 bits per heavy atom. The van der Waals surface area contributed by atoms with E-state index in [1.165, 1.54) is 6.07 Å². The minimum atomic E-state index is -1.23. The number of aliphatic hydroxyl groups excluding tert-OH is 1. The number of carbonyl (C=O) groups excluding carboxylic acids is 2. The summed E-state index contributed by atoms with van der Waals surface area (Å²) in [6.07, 6.45) is 2.20. The highest BCUT2D eigenvalue weighted by Crippen LogP contribution is 2.34.